The first-order valence-electron chi connectivity index (χ1n) is 5.03. The number of hydrogen-bond donors (Lipinski definition) is 1. The summed E-state index contributed by atoms with van der Waals surface area (Å²) in [6.45, 7) is 0.771. The number of nitrogens with zero attached hydrogens (tertiary/aromatic N) is 2. The van der Waals surface area contributed by atoms with E-state index in [2.05, 4.69) is 25.9 Å². The number of ether oxygens (including phenoxy) is 1. The minimum atomic E-state index is -1.05. The van der Waals surface area contributed by atoms with E-state index in [1.165, 1.54) is 6.20 Å². The van der Waals surface area contributed by atoms with E-state index in [1.807, 2.05) is 0 Å². The van der Waals surface area contributed by atoms with Gasteiger partial charge in [0.05, 0.1) is 10.6 Å². The maximum absolute atomic E-state index is 10.9. The average Bonchev–Trinajstić information content (AvgIpc) is 2.73. The molecule has 1 aromatic heterocycles. The molecule has 1 N–H and O–H groups in total. The Morgan fingerprint density at radius 1 is 1.69 bits per heavy atom. The molecule has 1 saturated heterocycles. The van der Waals surface area contributed by atoms with Crippen molar-refractivity contribution in [1.82, 2.24) is 9.97 Å². The summed E-state index contributed by atoms with van der Waals surface area (Å²) in [5.41, 5.74) is 0.00277. The summed E-state index contributed by atoms with van der Waals surface area (Å²) < 4.78 is 5.85. The molecule has 0 radical (unpaired) electrons. The van der Waals surface area contributed by atoms with Gasteiger partial charge in [-0.2, -0.15) is 0 Å². The summed E-state index contributed by atoms with van der Waals surface area (Å²) >= 11 is 3.11. The van der Waals surface area contributed by atoms with Crippen molar-refractivity contribution in [3.63, 3.8) is 0 Å². The third-order valence-corrected chi connectivity index (χ3v) is 3.01. The van der Waals surface area contributed by atoms with Gasteiger partial charge in [0.1, 0.15) is 5.82 Å². The summed E-state index contributed by atoms with van der Waals surface area (Å²) in [5.74, 6) is -0.532. The van der Waals surface area contributed by atoms with Crippen LogP contribution in [-0.4, -0.2) is 33.8 Å². The number of aromatic nitrogens is 2. The Bertz CT molecular complexity index is 405. The van der Waals surface area contributed by atoms with Gasteiger partial charge in [0.25, 0.3) is 0 Å². The summed E-state index contributed by atoms with van der Waals surface area (Å²) in [6.07, 6.45) is 4.21. The van der Waals surface area contributed by atoms with Crippen molar-refractivity contribution in [2.45, 2.75) is 25.4 Å². The number of carboxylic acid groups (broad SMARTS) is 1. The zero-order chi connectivity index (χ0) is 11.5. The van der Waals surface area contributed by atoms with Gasteiger partial charge < -0.3 is 9.84 Å². The van der Waals surface area contributed by atoms with Gasteiger partial charge in [0.2, 0.25) is 0 Å². The topological polar surface area (TPSA) is 72.3 Å². The molecule has 1 aromatic rings. The third kappa shape index (κ3) is 2.56. The van der Waals surface area contributed by atoms with Crippen molar-refractivity contribution in [2.24, 2.45) is 0 Å². The predicted octanol–water partition coefficient (Wildman–Crippen LogP) is 1.66. The van der Waals surface area contributed by atoms with Crippen molar-refractivity contribution in [3.8, 4) is 0 Å². The number of rotatable bonds is 3. The Morgan fingerprint density at radius 3 is 3.12 bits per heavy atom. The first-order valence-corrected chi connectivity index (χ1v) is 5.82. The molecule has 5 nitrogen and oxygen atoms in total. The van der Waals surface area contributed by atoms with E-state index < -0.39 is 5.97 Å². The van der Waals surface area contributed by atoms with Crippen molar-refractivity contribution in [1.29, 1.82) is 0 Å². The largest absolute Gasteiger partial charge is 0.476 e. The Morgan fingerprint density at radius 2 is 2.50 bits per heavy atom. The lowest BCUT2D eigenvalue weighted by molar-refractivity contribution is 0.0687. The molecule has 1 aliphatic heterocycles. The number of halogens is 1. The summed E-state index contributed by atoms with van der Waals surface area (Å²) in [7, 11) is 0. The fourth-order valence-electron chi connectivity index (χ4n) is 1.66. The van der Waals surface area contributed by atoms with E-state index in [0.717, 1.165) is 19.4 Å². The molecule has 6 heteroatoms. The maximum atomic E-state index is 10.9. The van der Waals surface area contributed by atoms with Crippen LogP contribution in [0.1, 0.15) is 29.2 Å². The quantitative estimate of drug-likeness (QED) is 0.915. The number of carboxylic acids is 1. The zero-order valence-electron chi connectivity index (χ0n) is 8.52. The minimum absolute atomic E-state index is 0.00277. The first-order chi connectivity index (χ1) is 7.66. The Labute approximate surface area is 101 Å². The van der Waals surface area contributed by atoms with Gasteiger partial charge in [-0.1, -0.05) is 0 Å². The lowest BCUT2D eigenvalue weighted by atomic mass is 10.2. The second-order valence-corrected chi connectivity index (χ2v) is 4.48. The van der Waals surface area contributed by atoms with Crippen LogP contribution in [0.4, 0.5) is 0 Å². The predicted molar refractivity (Wildman–Crippen MR) is 59.4 cm³/mol. The van der Waals surface area contributed by atoms with Gasteiger partial charge in [-0.25, -0.2) is 14.8 Å². The van der Waals surface area contributed by atoms with Crippen LogP contribution >= 0.6 is 15.9 Å². The van der Waals surface area contributed by atoms with Gasteiger partial charge in [0, 0.05) is 19.2 Å². The highest BCUT2D eigenvalue weighted by molar-refractivity contribution is 9.10. The lowest BCUT2D eigenvalue weighted by Crippen LogP contribution is -2.14. The van der Waals surface area contributed by atoms with Crippen LogP contribution in [0.25, 0.3) is 0 Å². The van der Waals surface area contributed by atoms with Gasteiger partial charge >= 0.3 is 5.97 Å². The number of hydrogen-bond acceptors (Lipinski definition) is 4. The molecule has 1 fully saturated rings. The molecule has 1 aliphatic rings. The molecule has 2 rings (SSSR count). The number of carbonyl (C=O) groups is 1. The molecule has 0 amide bonds. The molecular weight excluding hydrogens is 276 g/mol. The van der Waals surface area contributed by atoms with Crippen LogP contribution in [0.5, 0.6) is 0 Å². The van der Waals surface area contributed by atoms with E-state index >= 15 is 0 Å². The van der Waals surface area contributed by atoms with E-state index in [1.54, 1.807) is 0 Å². The third-order valence-electron chi connectivity index (χ3n) is 2.43. The second-order valence-electron chi connectivity index (χ2n) is 3.63. The highest BCUT2D eigenvalue weighted by Crippen LogP contribution is 2.18. The highest BCUT2D eigenvalue weighted by Gasteiger charge is 2.19. The van der Waals surface area contributed by atoms with Crippen LogP contribution < -0.4 is 0 Å². The summed E-state index contributed by atoms with van der Waals surface area (Å²) in [4.78, 5) is 18.9. The van der Waals surface area contributed by atoms with Gasteiger partial charge in [0.15, 0.2) is 5.69 Å². The fraction of sp³-hybridized carbons (Fsp3) is 0.500. The lowest BCUT2D eigenvalue weighted by Gasteiger charge is -2.08. The Balaban J connectivity index is 2.15. The van der Waals surface area contributed by atoms with E-state index in [4.69, 9.17) is 9.84 Å². The van der Waals surface area contributed by atoms with Crippen molar-refractivity contribution < 1.29 is 14.6 Å². The van der Waals surface area contributed by atoms with Gasteiger partial charge in [-0.15, -0.1) is 0 Å². The fourth-order valence-corrected chi connectivity index (χ4v) is 2.02. The zero-order valence-corrected chi connectivity index (χ0v) is 10.1. The SMILES string of the molecule is O=C(O)c1nc(CC2CCCO2)ncc1Br. The molecule has 0 bridgehead atoms. The maximum Gasteiger partial charge on any atom is 0.355 e. The van der Waals surface area contributed by atoms with Crippen molar-refractivity contribution in [2.75, 3.05) is 6.61 Å². The molecule has 0 aliphatic carbocycles. The molecule has 0 aromatic carbocycles. The second kappa shape index (κ2) is 4.88. The van der Waals surface area contributed by atoms with Crippen LogP contribution in [0.2, 0.25) is 0 Å². The normalized spacial score (nSPS) is 19.9. The van der Waals surface area contributed by atoms with Crippen molar-refractivity contribution >= 4 is 21.9 Å². The standard InChI is InChI=1S/C10H11BrN2O3/c11-7-5-12-8(13-9(7)10(14)15)4-6-2-1-3-16-6/h5-6H,1-4H2,(H,14,15). The molecule has 16 heavy (non-hydrogen) atoms. The van der Waals surface area contributed by atoms with Gasteiger partial charge in [-0.05, 0) is 28.8 Å². The van der Waals surface area contributed by atoms with E-state index in [-0.39, 0.29) is 11.8 Å². The minimum Gasteiger partial charge on any atom is -0.476 e. The highest BCUT2D eigenvalue weighted by atomic mass is 79.9. The molecule has 2 heterocycles. The van der Waals surface area contributed by atoms with E-state index in [0.29, 0.717) is 16.7 Å². The van der Waals surface area contributed by atoms with E-state index in [9.17, 15) is 4.79 Å². The van der Waals surface area contributed by atoms with Crippen molar-refractivity contribution in [3.05, 3.63) is 22.2 Å². The van der Waals surface area contributed by atoms with Crippen LogP contribution in [0, 0.1) is 0 Å². The Kier molecular flexibility index (Phi) is 3.50. The molecule has 1 atom stereocenters. The first kappa shape index (κ1) is 11.5. The van der Waals surface area contributed by atoms with Crippen LogP contribution in [0.3, 0.4) is 0 Å². The number of aromatic carboxylic acids is 1. The average molecular weight is 287 g/mol. The molecule has 1 unspecified atom stereocenters. The van der Waals surface area contributed by atoms with Gasteiger partial charge in [-0.3, -0.25) is 0 Å². The smallest absolute Gasteiger partial charge is 0.355 e. The summed E-state index contributed by atoms with van der Waals surface area (Å²) in [6, 6.07) is 0. The van der Waals surface area contributed by atoms with Crippen LogP contribution in [-0.2, 0) is 11.2 Å². The molecular formula is C10H11BrN2O3. The summed E-state index contributed by atoms with van der Waals surface area (Å²) in [5, 5.41) is 8.90. The Hall–Kier alpha value is -1.01. The molecule has 0 spiro atoms. The monoisotopic (exact) mass is 286 g/mol. The van der Waals surface area contributed by atoms with Crippen LogP contribution in [0.15, 0.2) is 10.7 Å². The molecule has 0 saturated carbocycles. The molecule has 86 valence electrons.